The Hall–Kier alpha value is -2.22. The standard InChI is InChI=1S/C17H23N7S/c1-13(14-7-6-12-25-14)21-22-15-18-16(23-8-2-3-9-23)20-17(19-15)24-10-4-5-11-24/h6-7,12H,2-5,8-11H2,1H3,(H,18,19,20,22)/b21-13-. The monoisotopic (exact) mass is 357 g/mol. The molecule has 2 aromatic rings. The molecule has 25 heavy (non-hydrogen) atoms. The van der Waals surface area contributed by atoms with Crippen molar-refractivity contribution < 1.29 is 0 Å². The summed E-state index contributed by atoms with van der Waals surface area (Å²) in [6.45, 7) is 6.05. The van der Waals surface area contributed by atoms with E-state index in [1.807, 2.05) is 18.4 Å². The van der Waals surface area contributed by atoms with E-state index in [1.165, 1.54) is 25.7 Å². The van der Waals surface area contributed by atoms with Gasteiger partial charge in [0.2, 0.25) is 17.8 Å². The third-order valence-corrected chi connectivity index (χ3v) is 5.57. The minimum absolute atomic E-state index is 0.523. The Bertz CT molecular complexity index is 697. The highest BCUT2D eigenvalue weighted by molar-refractivity contribution is 7.12. The number of thiophene rings is 1. The van der Waals surface area contributed by atoms with Crippen molar-refractivity contribution in [1.82, 2.24) is 15.0 Å². The van der Waals surface area contributed by atoms with Crippen LogP contribution in [0.4, 0.5) is 17.8 Å². The Morgan fingerprint density at radius 3 is 2.12 bits per heavy atom. The highest BCUT2D eigenvalue weighted by Gasteiger charge is 2.21. The largest absolute Gasteiger partial charge is 0.341 e. The zero-order valence-electron chi connectivity index (χ0n) is 14.5. The number of nitrogens with zero attached hydrogens (tertiary/aromatic N) is 6. The molecule has 2 aromatic heterocycles. The number of hydrogen-bond acceptors (Lipinski definition) is 8. The SMILES string of the molecule is C/C(=N/Nc1nc(N2CCCC2)nc(N2CCCC2)n1)c1cccs1. The summed E-state index contributed by atoms with van der Waals surface area (Å²) in [4.78, 5) is 19.5. The Balaban J connectivity index is 1.60. The van der Waals surface area contributed by atoms with Crippen LogP contribution in [0.15, 0.2) is 22.6 Å². The first-order valence-corrected chi connectivity index (χ1v) is 9.78. The van der Waals surface area contributed by atoms with Gasteiger partial charge in [-0.2, -0.15) is 20.1 Å². The molecule has 0 saturated carbocycles. The summed E-state index contributed by atoms with van der Waals surface area (Å²) >= 11 is 1.67. The molecular formula is C17H23N7S. The molecule has 132 valence electrons. The molecule has 0 unspecified atom stereocenters. The maximum atomic E-state index is 4.72. The predicted molar refractivity (Wildman–Crippen MR) is 103 cm³/mol. The van der Waals surface area contributed by atoms with E-state index in [0.29, 0.717) is 5.95 Å². The fourth-order valence-electron chi connectivity index (χ4n) is 3.19. The van der Waals surface area contributed by atoms with Crippen molar-refractivity contribution >= 4 is 34.9 Å². The number of nitrogens with one attached hydrogen (secondary N) is 1. The van der Waals surface area contributed by atoms with Gasteiger partial charge in [0.15, 0.2) is 0 Å². The molecule has 0 radical (unpaired) electrons. The van der Waals surface area contributed by atoms with Crippen molar-refractivity contribution in [3.63, 3.8) is 0 Å². The average molecular weight is 357 g/mol. The summed E-state index contributed by atoms with van der Waals surface area (Å²) in [6.07, 6.45) is 4.79. The van der Waals surface area contributed by atoms with Gasteiger partial charge < -0.3 is 9.80 Å². The molecule has 0 bridgehead atoms. The maximum absolute atomic E-state index is 4.72. The van der Waals surface area contributed by atoms with E-state index >= 15 is 0 Å². The smallest absolute Gasteiger partial charge is 0.250 e. The van der Waals surface area contributed by atoms with E-state index in [4.69, 9.17) is 4.98 Å². The minimum Gasteiger partial charge on any atom is -0.341 e. The summed E-state index contributed by atoms with van der Waals surface area (Å²) in [7, 11) is 0. The number of rotatable bonds is 5. The Kier molecular flexibility index (Phi) is 4.78. The lowest BCUT2D eigenvalue weighted by atomic mass is 10.3. The van der Waals surface area contributed by atoms with E-state index in [9.17, 15) is 0 Å². The van der Waals surface area contributed by atoms with Crippen molar-refractivity contribution in [2.45, 2.75) is 32.6 Å². The van der Waals surface area contributed by atoms with Crippen molar-refractivity contribution in [1.29, 1.82) is 0 Å². The van der Waals surface area contributed by atoms with E-state index in [1.54, 1.807) is 11.3 Å². The van der Waals surface area contributed by atoms with Crippen molar-refractivity contribution in [2.75, 3.05) is 41.4 Å². The first-order valence-electron chi connectivity index (χ1n) is 8.90. The Morgan fingerprint density at radius 1 is 1.00 bits per heavy atom. The normalized spacial score (nSPS) is 18.2. The molecule has 0 atom stereocenters. The molecule has 2 aliphatic rings. The van der Waals surface area contributed by atoms with Crippen LogP contribution in [0.2, 0.25) is 0 Å². The number of aromatic nitrogens is 3. The molecule has 0 aliphatic carbocycles. The van der Waals surface area contributed by atoms with Crippen LogP contribution >= 0.6 is 11.3 Å². The van der Waals surface area contributed by atoms with E-state index in [-0.39, 0.29) is 0 Å². The van der Waals surface area contributed by atoms with E-state index in [0.717, 1.165) is 48.7 Å². The Labute approximate surface area is 151 Å². The molecule has 0 amide bonds. The zero-order valence-corrected chi connectivity index (χ0v) is 15.3. The molecular weight excluding hydrogens is 334 g/mol. The minimum atomic E-state index is 0.523. The van der Waals surface area contributed by atoms with Gasteiger partial charge in [-0.25, -0.2) is 5.43 Å². The van der Waals surface area contributed by atoms with Crippen LogP contribution in [0.5, 0.6) is 0 Å². The number of hydrogen-bond donors (Lipinski definition) is 1. The molecule has 0 aromatic carbocycles. The number of hydrazone groups is 1. The highest BCUT2D eigenvalue weighted by Crippen LogP contribution is 2.22. The fourth-order valence-corrected chi connectivity index (χ4v) is 3.87. The van der Waals surface area contributed by atoms with Crippen LogP contribution in [-0.4, -0.2) is 46.8 Å². The lowest BCUT2D eigenvalue weighted by Gasteiger charge is -2.20. The predicted octanol–water partition coefficient (Wildman–Crippen LogP) is 2.97. The molecule has 2 fully saturated rings. The van der Waals surface area contributed by atoms with Crippen LogP contribution in [0.25, 0.3) is 0 Å². The molecule has 0 spiro atoms. The van der Waals surface area contributed by atoms with Gasteiger partial charge in [0.25, 0.3) is 0 Å². The van der Waals surface area contributed by atoms with Crippen LogP contribution in [0.1, 0.15) is 37.5 Å². The summed E-state index contributed by atoms with van der Waals surface area (Å²) in [6, 6.07) is 4.09. The molecule has 8 heteroatoms. The van der Waals surface area contributed by atoms with Gasteiger partial charge in [-0.1, -0.05) is 6.07 Å². The molecule has 7 nitrogen and oxygen atoms in total. The quantitative estimate of drug-likeness (QED) is 0.655. The third-order valence-electron chi connectivity index (χ3n) is 4.59. The lowest BCUT2D eigenvalue weighted by Crippen LogP contribution is -2.25. The topological polar surface area (TPSA) is 69.5 Å². The van der Waals surface area contributed by atoms with Crippen LogP contribution in [0, 0.1) is 0 Å². The van der Waals surface area contributed by atoms with Gasteiger partial charge in [0.1, 0.15) is 0 Å². The second kappa shape index (κ2) is 7.35. The molecule has 4 rings (SSSR count). The first-order chi connectivity index (χ1) is 12.3. The maximum Gasteiger partial charge on any atom is 0.250 e. The van der Waals surface area contributed by atoms with Crippen molar-refractivity contribution in [2.24, 2.45) is 5.10 Å². The van der Waals surface area contributed by atoms with Gasteiger partial charge in [-0.3, -0.25) is 0 Å². The molecule has 2 saturated heterocycles. The van der Waals surface area contributed by atoms with E-state index in [2.05, 4.69) is 36.4 Å². The second-order valence-electron chi connectivity index (χ2n) is 6.43. The van der Waals surface area contributed by atoms with Gasteiger partial charge >= 0.3 is 0 Å². The van der Waals surface area contributed by atoms with Crippen LogP contribution in [-0.2, 0) is 0 Å². The van der Waals surface area contributed by atoms with E-state index < -0.39 is 0 Å². The van der Waals surface area contributed by atoms with Crippen LogP contribution < -0.4 is 15.2 Å². The van der Waals surface area contributed by atoms with Crippen molar-refractivity contribution in [3.05, 3.63) is 22.4 Å². The summed E-state index contributed by atoms with van der Waals surface area (Å²) in [5.74, 6) is 2.05. The van der Waals surface area contributed by atoms with Crippen LogP contribution in [0.3, 0.4) is 0 Å². The zero-order chi connectivity index (χ0) is 17.1. The summed E-state index contributed by atoms with van der Waals surface area (Å²) < 4.78 is 0. The van der Waals surface area contributed by atoms with Gasteiger partial charge in [0.05, 0.1) is 5.71 Å². The highest BCUT2D eigenvalue weighted by atomic mass is 32.1. The second-order valence-corrected chi connectivity index (χ2v) is 7.38. The molecule has 1 N–H and O–H groups in total. The van der Waals surface area contributed by atoms with Gasteiger partial charge in [-0.15, -0.1) is 11.3 Å². The van der Waals surface area contributed by atoms with Gasteiger partial charge in [0, 0.05) is 31.1 Å². The molecule has 4 heterocycles. The average Bonchev–Trinajstić information content (AvgIpc) is 3.42. The fraction of sp³-hybridized carbons (Fsp3) is 0.529. The lowest BCUT2D eigenvalue weighted by molar-refractivity contribution is 0.838. The Morgan fingerprint density at radius 2 is 1.60 bits per heavy atom. The first kappa shape index (κ1) is 16.3. The third kappa shape index (κ3) is 3.73. The molecule has 2 aliphatic heterocycles. The van der Waals surface area contributed by atoms with Gasteiger partial charge in [-0.05, 0) is 44.1 Å². The number of anilines is 3. The summed E-state index contributed by atoms with van der Waals surface area (Å²) in [5, 5.41) is 6.51. The summed E-state index contributed by atoms with van der Waals surface area (Å²) in [5.41, 5.74) is 3.97. The van der Waals surface area contributed by atoms with Crippen molar-refractivity contribution in [3.8, 4) is 0 Å².